The lowest BCUT2D eigenvalue weighted by atomic mass is 10.1. The SMILES string of the molecule is CC1(CNC(=O)N2CCC(OCCC(=O)O)CC2)CC1. The van der Waals surface area contributed by atoms with Crippen LogP contribution in [-0.4, -0.2) is 54.4 Å². The summed E-state index contributed by atoms with van der Waals surface area (Å²) in [6.07, 6.45) is 4.09. The summed E-state index contributed by atoms with van der Waals surface area (Å²) in [6.45, 7) is 4.57. The van der Waals surface area contributed by atoms with Crippen molar-refractivity contribution >= 4 is 12.0 Å². The first-order valence-corrected chi connectivity index (χ1v) is 7.35. The molecule has 1 saturated heterocycles. The van der Waals surface area contributed by atoms with Crippen molar-refractivity contribution in [3.05, 3.63) is 0 Å². The van der Waals surface area contributed by atoms with E-state index in [0.29, 0.717) is 18.5 Å². The number of nitrogens with one attached hydrogen (secondary N) is 1. The predicted molar refractivity (Wildman–Crippen MR) is 73.5 cm³/mol. The zero-order chi connectivity index (χ0) is 14.6. The van der Waals surface area contributed by atoms with Crippen LogP contribution in [0, 0.1) is 5.41 Å². The van der Waals surface area contributed by atoms with Crippen LogP contribution >= 0.6 is 0 Å². The van der Waals surface area contributed by atoms with Gasteiger partial charge in [-0.25, -0.2) is 4.79 Å². The maximum atomic E-state index is 12.0. The van der Waals surface area contributed by atoms with E-state index < -0.39 is 5.97 Å². The Morgan fingerprint density at radius 3 is 2.55 bits per heavy atom. The molecule has 0 aromatic heterocycles. The monoisotopic (exact) mass is 284 g/mol. The van der Waals surface area contributed by atoms with Crippen LogP contribution in [0.2, 0.25) is 0 Å². The Morgan fingerprint density at radius 2 is 2.00 bits per heavy atom. The highest BCUT2D eigenvalue weighted by atomic mass is 16.5. The van der Waals surface area contributed by atoms with Crippen LogP contribution in [-0.2, 0) is 9.53 Å². The molecule has 0 unspecified atom stereocenters. The largest absolute Gasteiger partial charge is 0.481 e. The summed E-state index contributed by atoms with van der Waals surface area (Å²) in [6, 6.07) is 0.0158. The van der Waals surface area contributed by atoms with Gasteiger partial charge in [0.2, 0.25) is 0 Å². The Morgan fingerprint density at radius 1 is 1.35 bits per heavy atom. The molecule has 2 N–H and O–H groups in total. The standard InChI is InChI=1S/C14H24N2O4/c1-14(5-6-14)10-15-13(19)16-7-2-11(3-8-16)20-9-4-12(17)18/h11H,2-10H2,1H3,(H,15,19)(H,17,18). The van der Waals surface area contributed by atoms with E-state index >= 15 is 0 Å². The fourth-order valence-corrected chi connectivity index (χ4v) is 2.33. The minimum Gasteiger partial charge on any atom is -0.481 e. The van der Waals surface area contributed by atoms with Gasteiger partial charge < -0.3 is 20.1 Å². The van der Waals surface area contributed by atoms with Crippen LogP contribution < -0.4 is 5.32 Å². The summed E-state index contributed by atoms with van der Waals surface area (Å²) >= 11 is 0. The lowest BCUT2D eigenvalue weighted by Crippen LogP contribution is -2.47. The van der Waals surface area contributed by atoms with Crippen molar-refractivity contribution in [2.75, 3.05) is 26.2 Å². The van der Waals surface area contributed by atoms with Gasteiger partial charge in [-0.1, -0.05) is 6.92 Å². The van der Waals surface area contributed by atoms with E-state index in [1.165, 1.54) is 12.8 Å². The molecule has 2 rings (SSSR count). The number of rotatable bonds is 6. The maximum absolute atomic E-state index is 12.0. The predicted octanol–water partition coefficient (Wildman–Crippen LogP) is 1.45. The van der Waals surface area contributed by atoms with Crippen LogP contribution in [0.1, 0.15) is 39.0 Å². The van der Waals surface area contributed by atoms with Gasteiger partial charge >= 0.3 is 12.0 Å². The highest BCUT2D eigenvalue weighted by Gasteiger charge is 2.37. The van der Waals surface area contributed by atoms with E-state index in [4.69, 9.17) is 9.84 Å². The molecule has 2 amide bonds. The third-order valence-corrected chi connectivity index (χ3v) is 4.17. The van der Waals surface area contributed by atoms with E-state index in [1.807, 2.05) is 4.90 Å². The molecule has 0 aromatic carbocycles. The third-order valence-electron chi connectivity index (χ3n) is 4.17. The number of urea groups is 1. The molecule has 2 aliphatic rings. The van der Waals surface area contributed by atoms with E-state index in [-0.39, 0.29) is 25.2 Å². The number of carboxylic acid groups (broad SMARTS) is 1. The molecule has 1 heterocycles. The van der Waals surface area contributed by atoms with E-state index in [2.05, 4.69) is 12.2 Å². The number of carbonyl (C=O) groups is 2. The highest BCUT2D eigenvalue weighted by Crippen LogP contribution is 2.44. The molecule has 2 fully saturated rings. The molecule has 1 aliphatic heterocycles. The highest BCUT2D eigenvalue weighted by molar-refractivity contribution is 5.74. The molecule has 20 heavy (non-hydrogen) atoms. The summed E-state index contributed by atoms with van der Waals surface area (Å²) in [5.41, 5.74) is 0.327. The molecule has 1 aliphatic carbocycles. The van der Waals surface area contributed by atoms with Gasteiger partial charge in [0.1, 0.15) is 0 Å². The Bertz CT molecular complexity index is 360. The maximum Gasteiger partial charge on any atom is 0.317 e. The molecule has 0 spiro atoms. The van der Waals surface area contributed by atoms with Crippen molar-refractivity contribution in [3.63, 3.8) is 0 Å². The topological polar surface area (TPSA) is 78.9 Å². The summed E-state index contributed by atoms with van der Waals surface area (Å²) in [5, 5.41) is 11.5. The van der Waals surface area contributed by atoms with E-state index in [0.717, 1.165) is 19.4 Å². The molecule has 1 saturated carbocycles. The van der Waals surface area contributed by atoms with Gasteiger partial charge in [0.05, 0.1) is 19.1 Å². The van der Waals surface area contributed by atoms with Gasteiger partial charge in [-0.2, -0.15) is 0 Å². The second-order valence-electron chi connectivity index (χ2n) is 6.17. The van der Waals surface area contributed by atoms with Crippen LogP contribution in [0.5, 0.6) is 0 Å². The summed E-state index contributed by atoms with van der Waals surface area (Å²) < 4.78 is 5.51. The molecule has 6 nitrogen and oxygen atoms in total. The lowest BCUT2D eigenvalue weighted by Gasteiger charge is -2.32. The van der Waals surface area contributed by atoms with Gasteiger partial charge in [-0.3, -0.25) is 4.79 Å². The Labute approximate surface area is 119 Å². The van der Waals surface area contributed by atoms with Crippen LogP contribution in [0.25, 0.3) is 0 Å². The van der Waals surface area contributed by atoms with Crippen molar-refractivity contribution in [2.24, 2.45) is 5.41 Å². The molecule has 6 heteroatoms. The average molecular weight is 284 g/mol. The van der Waals surface area contributed by atoms with Crippen molar-refractivity contribution in [1.29, 1.82) is 0 Å². The second-order valence-corrected chi connectivity index (χ2v) is 6.17. The number of piperidine rings is 1. The Hall–Kier alpha value is -1.30. The number of hydrogen-bond donors (Lipinski definition) is 2. The number of hydrogen-bond acceptors (Lipinski definition) is 3. The average Bonchev–Trinajstić information content (AvgIpc) is 3.15. The van der Waals surface area contributed by atoms with Gasteiger partial charge in [0.15, 0.2) is 0 Å². The quantitative estimate of drug-likeness (QED) is 0.774. The fraction of sp³-hybridized carbons (Fsp3) is 0.857. The first-order chi connectivity index (χ1) is 9.48. The number of aliphatic carboxylic acids is 1. The zero-order valence-corrected chi connectivity index (χ0v) is 12.1. The molecular weight excluding hydrogens is 260 g/mol. The molecule has 0 aromatic rings. The van der Waals surface area contributed by atoms with E-state index in [1.54, 1.807) is 0 Å². The molecule has 0 radical (unpaired) electrons. The van der Waals surface area contributed by atoms with Crippen LogP contribution in [0.4, 0.5) is 4.79 Å². The van der Waals surface area contributed by atoms with Crippen LogP contribution in [0.3, 0.4) is 0 Å². The normalized spacial score (nSPS) is 21.6. The lowest BCUT2D eigenvalue weighted by molar-refractivity contribution is -0.138. The number of likely N-dealkylation sites (tertiary alicyclic amines) is 1. The third kappa shape index (κ3) is 4.67. The molecular formula is C14H24N2O4. The molecule has 114 valence electrons. The number of carboxylic acids is 1. The van der Waals surface area contributed by atoms with Crippen molar-refractivity contribution < 1.29 is 19.4 Å². The van der Waals surface area contributed by atoms with Gasteiger partial charge in [-0.15, -0.1) is 0 Å². The van der Waals surface area contributed by atoms with Crippen LogP contribution in [0.15, 0.2) is 0 Å². The zero-order valence-electron chi connectivity index (χ0n) is 12.1. The first kappa shape index (κ1) is 15.1. The van der Waals surface area contributed by atoms with Gasteiger partial charge in [0, 0.05) is 19.6 Å². The Kier molecular flexibility index (Phi) is 4.86. The summed E-state index contributed by atoms with van der Waals surface area (Å²) in [5.74, 6) is -0.838. The number of carbonyl (C=O) groups excluding carboxylic acids is 1. The van der Waals surface area contributed by atoms with Crippen molar-refractivity contribution in [3.8, 4) is 0 Å². The van der Waals surface area contributed by atoms with Crippen molar-refractivity contribution in [2.45, 2.75) is 45.1 Å². The van der Waals surface area contributed by atoms with Gasteiger partial charge in [0.25, 0.3) is 0 Å². The molecule has 0 bridgehead atoms. The second kappa shape index (κ2) is 6.43. The number of amides is 2. The first-order valence-electron chi connectivity index (χ1n) is 7.35. The number of ether oxygens (including phenoxy) is 1. The minimum atomic E-state index is -0.838. The number of nitrogens with zero attached hydrogens (tertiary/aromatic N) is 1. The minimum absolute atomic E-state index is 0.0158. The summed E-state index contributed by atoms with van der Waals surface area (Å²) in [4.78, 5) is 24.2. The van der Waals surface area contributed by atoms with Crippen molar-refractivity contribution in [1.82, 2.24) is 10.2 Å². The Balaban J connectivity index is 1.60. The molecule has 0 atom stereocenters. The summed E-state index contributed by atoms with van der Waals surface area (Å²) in [7, 11) is 0. The fourth-order valence-electron chi connectivity index (χ4n) is 2.33. The van der Waals surface area contributed by atoms with Gasteiger partial charge in [-0.05, 0) is 31.1 Å². The smallest absolute Gasteiger partial charge is 0.317 e. The van der Waals surface area contributed by atoms with E-state index in [9.17, 15) is 9.59 Å².